The number of aromatic nitrogens is 2. The molecule has 8 nitrogen and oxygen atoms in total. The smallest absolute Gasteiger partial charge is 0.273 e. The van der Waals surface area contributed by atoms with Crippen molar-refractivity contribution in [3.8, 4) is 11.3 Å². The van der Waals surface area contributed by atoms with E-state index in [4.69, 9.17) is 4.52 Å². The van der Waals surface area contributed by atoms with Crippen molar-refractivity contribution < 1.29 is 17.7 Å². The molecule has 0 aliphatic carbocycles. The maximum atomic E-state index is 12.4. The number of nitrogens with one attached hydrogen (secondary N) is 1. The van der Waals surface area contributed by atoms with E-state index in [1.165, 1.54) is 26.2 Å². The Balaban J connectivity index is 1.75. The van der Waals surface area contributed by atoms with Crippen LogP contribution in [-0.2, 0) is 16.6 Å². The second-order valence-electron chi connectivity index (χ2n) is 5.90. The van der Waals surface area contributed by atoms with Crippen molar-refractivity contribution in [3.05, 3.63) is 66.1 Å². The van der Waals surface area contributed by atoms with E-state index in [-0.39, 0.29) is 17.1 Å². The molecule has 0 bridgehead atoms. The number of benzene rings is 1. The molecular formula is C18H18N4O4S. The zero-order chi connectivity index (χ0) is 19.4. The van der Waals surface area contributed by atoms with Gasteiger partial charge in [-0.2, -0.15) is 0 Å². The van der Waals surface area contributed by atoms with Crippen LogP contribution in [0, 0.1) is 0 Å². The van der Waals surface area contributed by atoms with Crippen molar-refractivity contribution in [1.29, 1.82) is 0 Å². The van der Waals surface area contributed by atoms with Crippen LogP contribution in [0.15, 0.2) is 64.3 Å². The molecule has 0 unspecified atom stereocenters. The fraction of sp³-hybridized carbons (Fsp3) is 0.167. The van der Waals surface area contributed by atoms with Gasteiger partial charge in [-0.15, -0.1) is 0 Å². The summed E-state index contributed by atoms with van der Waals surface area (Å²) in [5.74, 6) is -0.0465. The maximum absolute atomic E-state index is 12.4. The quantitative estimate of drug-likeness (QED) is 0.694. The van der Waals surface area contributed by atoms with Gasteiger partial charge in [-0.25, -0.2) is 12.7 Å². The summed E-state index contributed by atoms with van der Waals surface area (Å²) in [6.07, 6.45) is 3.23. The van der Waals surface area contributed by atoms with Crippen molar-refractivity contribution in [2.75, 3.05) is 14.1 Å². The largest absolute Gasteiger partial charge is 0.355 e. The number of rotatable bonds is 6. The molecule has 3 aromatic rings. The van der Waals surface area contributed by atoms with Gasteiger partial charge in [0.1, 0.15) is 0 Å². The van der Waals surface area contributed by atoms with Crippen molar-refractivity contribution in [2.45, 2.75) is 11.4 Å². The Morgan fingerprint density at radius 1 is 1.19 bits per heavy atom. The Labute approximate surface area is 156 Å². The molecule has 1 aromatic carbocycles. The number of amides is 1. The Bertz CT molecular complexity index is 1050. The molecule has 9 heteroatoms. The first-order chi connectivity index (χ1) is 12.9. The van der Waals surface area contributed by atoms with E-state index in [1.807, 2.05) is 0 Å². The van der Waals surface area contributed by atoms with Crippen LogP contribution in [0.3, 0.4) is 0 Å². The van der Waals surface area contributed by atoms with E-state index in [0.717, 1.165) is 4.31 Å². The average molecular weight is 386 g/mol. The third-order valence-electron chi connectivity index (χ3n) is 3.86. The second-order valence-corrected chi connectivity index (χ2v) is 8.02. The number of sulfonamides is 1. The molecule has 140 valence electrons. The van der Waals surface area contributed by atoms with Crippen molar-refractivity contribution in [3.63, 3.8) is 0 Å². The van der Waals surface area contributed by atoms with Gasteiger partial charge in [0.2, 0.25) is 10.0 Å². The minimum atomic E-state index is -3.61. The van der Waals surface area contributed by atoms with E-state index in [0.29, 0.717) is 16.9 Å². The van der Waals surface area contributed by atoms with Gasteiger partial charge in [-0.3, -0.25) is 9.78 Å². The van der Waals surface area contributed by atoms with Gasteiger partial charge in [0.05, 0.1) is 4.90 Å². The molecule has 0 aliphatic rings. The Morgan fingerprint density at radius 2 is 1.96 bits per heavy atom. The Kier molecular flexibility index (Phi) is 5.33. The third kappa shape index (κ3) is 4.04. The number of nitrogens with zero attached hydrogens (tertiary/aromatic N) is 3. The van der Waals surface area contributed by atoms with E-state index in [2.05, 4.69) is 15.5 Å². The molecule has 0 spiro atoms. The molecule has 0 radical (unpaired) electrons. The molecule has 0 saturated heterocycles. The Morgan fingerprint density at radius 3 is 2.67 bits per heavy atom. The summed E-state index contributed by atoms with van der Waals surface area (Å²) in [5.41, 5.74) is 1.28. The highest BCUT2D eigenvalue weighted by atomic mass is 32.2. The molecule has 0 atom stereocenters. The van der Waals surface area contributed by atoms with Gasteiger partial charge in [0, 0.05) is 44.7 Å². The summed E-state index contributed by atoms with van der Waals surface area (Å²) in [6.45, 7) is 0.0389. The first kappa shape index (κ1) is 18.7. The van der Waals surface area contributed by atoms with Crippen LogP contribution in [0.2, 0.25) is 0 Å². The van der Waals surface area contributed by atoms with Crippen LogP contribution < -0.4 is 5.32 Å². The van der Waals surface area contributed by atoms with Gasteiger partial charge < -0.3 is 9.84 Å². The maximum Gasteiger partial charge on any atom is 0.273 e. The van der Waals surface area contributed by atoms with Crippen LogP contribution in [0.25, 0.3) is 11.3 Å². The van der Waals surface area contributed by atoms with E-state index in [9.17, 15) is 13.2 Å². The third-order valence-corrected chi connectivity index (χ3v) is 5.77. The molecule has 3 rings (SSSR count). The normalized spacial score (nSPS) is 11.5. The van der Waals surface area contributed by atoms with Crippen molar-refractivity contribution in [2.24, 2.45) is 0 Å². The number of carbonyl (C=O) groups is 1. The van der Waals surface area contributed by atoms with Gasteiger partial charge in [-0.1, -0.05) is 23.4 Å². The van der Waals surface area contributed by atoms with Crippen LogP contribution in [0.4, 0.5) is 0 Å². The number of hydrogen-bond acceptors (Lipinski definition) is 6. The Hall–Kier alpha value is -3.04. The monoisotopic (exact) mass is 386 g/mol. The van der Waals surface area contributed by atoms with E-state index in [1.54, 1.807) is 42.7 Å². The predicted octanol–water partition coefficient (Wildman–Crippen LogP) is 1.92. The fourth-order valence-corrected chi connectivity index (χ4v) is 3.51. The van der Waals surface area contributed by atoms with Gasteiger partial charge >= 0.3 is 0 Å². The SMILES string of the molecule is CN(C)S(=O)(=O)c1ccccc1CNC(=O)c1cc(-c2cccnc2)on1. The molecule has 1 amide bonds. The average Bonchev–Trinajstić information content (AvgIpc) is 3.17. The summed E-state index contributed by atoms with van der Waals surface area (Å²) < 4.78 is 31.1. The summed E-state index contributed by atoms with van der Waals surface area (Å²) in [7, 11) is -0.694. The van der Waals surface area contributed by atoms with Gasteiger partial charge in [-0.05, 0) is 23.8 Å². The summed E-state index contributed by atoms with van der Waals surface area (Å²) in [5, 5.41) is 6.43. The molecule has 0 aliphatic heterocycles. The van der Waals surface area contributed by atoms with Crippen LogP contribution in [0.1, 0.15) is 16.1 Å². The summed E-state index contributed by atoms with van der Waals surface area (Å²) >= 11 is 0. The van der Waals surface area contributed by atoms with Crippen molar-refractivity contribution in [1.82, 2.24) is 19.8 Å². The standard InChI is InChI=1S/C18H18N4O4S/c1-22(2)27(24,25)17-8-4-3-6-14(17)12-20-18(23)15-10-16(26-21-15)13-7-5-9-19-11-13/h3-11H,12H2,1-2H3,(H,20,23). The van der Waals surface area contributed by atoms with Gasteiger partial charge in [0.15, 0.2) is 11.5 Å². The highest BCUT2D eigenvalue weighted by Crippen LogP contribution is 2.20. The highest BCUT2D eigenvalue weighted by Gasteiger charge is 2.21. The van der Waals surface area contributed by atoms with Crippen molar-refractivity contribution >= 4 is 15.9 Å². The fourth-order valence-electron chi connectivity index (χ4n) is 2.39. The van der Waals surface area contributed by atoms with E-state index >= 15 is 0 Å². The second kappa shape index (κ2) is 7.68. The van der Waals surface area contributed by atoms with Gasteiger partial charge in [0.25, 0.3) is 5.91 Å². The molecule has 2 aromatic heterocycles. The van der Waals surface area contributed by atoms with Crippen LogP contribution in [-0.4, -0.2) is 42.9 Å². The summed E-state index contributed by atoms with van der Waals surface area (Å²) in [6, 6.07) is 11.6. The number of hydrogen-bond donors (Lipinski definition) is 1. The topological polar surface area (TPSA) is 105 Å². The van der Waals surface area contributed by atoms with Crippen LogP contribution in [0.5, 0.6) is 0 Å². The minimum absolute atomic E-state index is 0.0389. The van der Waals surface area contributed by atoms with Crippen LogP contribution >= 0.6 is 0 Å². The first-order valence-electron chi connectivity index (χ1n) is 8.05. The zero-order valence-corrected chi connectivity index (χ0v) is 15.6. The lowest BCUT2D eigenvalue weighted by molar-refractivity contribution is 0.0941. The molecule has 1 N–H and O–H groups in total. The lowest BCUT2D eigenvalue weighted by atomic mass is 10.2. The first-order valence-corrected chi connectivity index (χ1v) is 9.49. The molecule has 27 heavy (non-hydrogen) atoms. The lowest BCUT2D eigenvalue weighted by Gasteiger charge is -2.15. The highest BCUT2D eigenvalue weighted by molar-refractivity contribution is 7.89. The predicted molar refractivity (Wildman–Crippen MR) is 98.2 cm³/mol. The molecular weight excluding hydrogens is 368 g/mol. The number of carbonyl (C=O) groups excluding carboxylic acids is 1. The minimum Gasteiger partial charge on any atom is -0.355 e. The lowest BCUT2D eigenvalue weighted by Crippen LogP contribution is -2.27. The molecule has 0 saturated carbocycles. The molecule has 0 fully saturated rings. The molecule has 2 heterocycles. The van der Waals surface area contributed by atoms with E-state index < -0.39 is 15.9 Å². The summed E-state index contributed by atoms with van der Waals surface area (Å²) in [4.78, 5) is 16.5. The number of pyridine rings is 1. The zero-order valence-electron chi connectivity index (χ0n) is 14.8.